The van der Waals surface area contributed by atoms with Crippen LogP contribution < -0.4 is 5.32 Å². The molecular formula is C11H18N6. The fourth-order valence-corrected chi connectivity index (χ4v) is 1.53. The highest BCUT2D eigenvalue weighted by molar-refractivity contribution is 5.01. The number of nitrogens with one attached hydrogen (secondary N) is 1. The molecular weight excluding hydrogens is 216 g/mol. The first-order valence-corrected chi connectivity index (χ1v) is 5.74. The Hall–Kier alpha value is -1.69. The molecule has 0 radical (unpaired) electrons. The Morgan fingerprint density at radius 1 is 1.35 bits per heavy atom. The molecule has 0 aromatic carbocycles. The third-order valence-electron chi connectivity index (χ3n) is 2.36. The molecule has 0 fully saturated rings. The van der Waals surface area contributed by atoms with Gasteiger partial charge >= 0.3 is 0 Å². The molecule has 0 aliphatic rings. The lowest BCUT2D eigenvalue weighted by atomic mass is 10.3. The van der Waals surface area contributed by atoms with Crippen LogP contribution in [0.2, 0.25) is 0 Å². The van der Waals surface area contributed by atoms with Gasteiger partial charge in [-0.15, -0.1) is 5.10 Å². The zero-order valence-electron chi connectivity index (χ0n) is 10.5. The highest BCUT2D eigenvalue weighted by Gasteiger charge is 2.03. The maximum Gasteiger partial charge on any atom is 0.104 e. The lowest BCUT2D eigenvalue weighted by molar-refractivity contribution is 0.569. The van der Waals surface area contributed by atoms with Crippen molar-refractivity contribution in [2.75, 3.05) is 0 Å². The molecule has 92 valence electrons. The zero-order valence-corrected chi connectivity index (χ0v) is 10.5. The van der Waals surface area contributed by atoms with Crippen LogP contribution in [0.1, 0.15) is 25.2 Å². The number of hydrogen-bond donors (Lipinski definition) is 1. The number of hydrogen-bond acceptors (Lipinski definition) is 4. The molecule has 17 heavy (non-hydrogen) atoms. The molecule has 0 aliphatic carbocycles. The molecule has 6 heteroatoms. The lowest BCUT2D eigenvalue weighted by Gasteiger charge is -2.04. The summed E-state index contributed by atoms with van der Waals surface area (Å²) in [5.74, 6) is 0. The van der Waals surface area contributed by atoms with Crippen LogP contribution in [0.3, 0.4) is 0 Å². The minimum absolute atomic E-state index is 0.472. The average molecular weight is 234 g/mol. The van der Waals surface area contributed by atoms with E-state index < -0.39 is 0 Å². The molecule has 2 aromatic rings. The number of nitrogens with zero attached hydrogens (tertiary/aromatic N) is 5. The lowest BCUT2D eigenvalue weighted by Crippen LogP contribution is -2.22. The van der Waals surface area contributed by atoms with E-state index in [1.165, 1.54) is 0 Å². The average Bonchev–Trinajstić information content (AvgIpc) is 2.86. The van der Waals surface area contributed by atoms with Crippen molar-refractivity contribution in [1.29, 1.82) is 0 Å². The normalized spacial score (nSPS) is 11.3. The van der Waals surface area contributed by atoms with E-state index in [1.807, 2.05) is 30.2 Å². The second-order valence-corrected chi connectivity index (χ2v) is 4.42. The quantitative estimate of drug-likeness (QED) is 0.821. The van der Waals surface area contributed by atoms with Gasteiger partial charge in [-0.25, -0.2) is 0 Å². The molecule has 0 atom stereocenters. The van der Waals surface area contributed by atoms with Gasteiger partial charge in [0.2, 0.25) is 0 Å². The SMILES string of the molecule is CC(C)NCc1ccn(Cc2cn(C)nn2)n1. The summed E-state index contributed by atoms with van der Waals surface area (Å²) in [6, 6.07) is 2.49. The first-order valence-electron chi connectivity index (χ1n) is 5.74. The summed E-state index contributed by atoms with van der Waals surface area (Å²) < 4.78 is 3.57. The molecule has 0 spiro atoms. The van der Waals surface area contributed by atoms with Crippen LogP contribution in [-0.2, 0) is 20.1 Å². The Bertz CT molecular complexity index is 470. The summed E-state index contributed by atoms with van der Waals surface area (Å²) >= 11 is 0. The van der Waals surface area contributed by atoms with Gasteiger partial charge in [0, 0.05) is 32.0 Å². The number of aryl methyl sites for hydroxylation is 1. The van der Waals surface area contributed by atoms with Crippen LogP contribution in [0.25, 0.3) is 0 Å². The van der Waals surface area contributed by atoms with E-state index in [-0.39, 0.29) is 0 Å². The Morgan fingerprint density at radius 2 is 2.18 bits per heavy atom. The maximum atomic E-state index is 4.46. The van der Waals surface area contributed by atoms with E-state index in [9.17, 15) is 0 Å². The first kappa shape index (κ1) is 11.8. The molecule has 0 saturated heterocycles. The molecule has 0 amide bonds. The van der Waals surface area contributed by atoms with Crippen LogP contribution in [0.5, 0.6) is 0 Å². The van der Waals surface area contributed by atoms with E-state index in [1.54, 1.807) is 4.68 Å². The summed E-state index contributed by atoms with van der Waals surface area (Å²) in [5.41, 5.74) is 1.96. The van der Waals surface area contributed by atoms with Crippen molar-refractivity contribution in [3.05, 3.63) is 29.8 Å². The van der Waals surface area contributed by atoms with Gasteiger partial charge in [-0.3, -0.25) is 9.36 Å². The van der Waals surface area contributed by atoms with E-state index >= 15 is 0 Å². The molecule has 0 bridgehead atoms. The smallest absolute Gasteiger partial charge is 0.104 e. The van der Waals surface area contributed by atoms with Crippen LogP contribution in [0, 0.1) is 0 Å². The van der Waals surface area contributed by atoms with E-state index in [0.29, 0.717) is 12.6 Å². The van der Waals surface area contributed by atoms with Gasteiger partial charge in [-0.2, -0.15) is 5.10 Å². The Labute approximate surface area is 101 Å². The Balaban J connectivity index is 1.94. The second kappa shape index (κ2) is 5.09. The van der Waals surface area contributed by atoms with Crippen molar-refractivity contribution in [2.24, 2.45) is 7.05 Å². The minimum atomic E-state index is 0.472. The topological polar surface area (TPSA) is 60.6 Å². The third kappa shape index (κ3) is 3.39. The van der Waals surface area contributed by atoms with Gasteiger partial charge in [0.1, 0.15) is 5.69 Å². The van der Waals surface area contributed by atoms with E-state index in [0.717, 1.165) is 17.9 Å². The van der Waals surface area contributed by atoms with Gasteiger partial charge < -0.3 is 5.32 Å². The predicted octanol–water partition coefficient (Wildman–Crippen LogP) is 0.558. The summed E-state index contributed by atoms with van der Waals surface area (Å²) in [6.07, 6.45) is 3.86. The van der Waals surface area contributed by atoms with Crippen molar-refractivity contribution in [3.63, 3.8) is 0 Å². The summed E-state index contributed by atoms with van der Waals surface area (Å²) in [7, 11) is 1.86. The summed E-state index contributed by atoms with van der Waals surface area (Å²) in [6.45, 7) is 5.70. The Kier molecular flexibility index (Phi) is 3.53. The van der Waals surface area contributed by atoms with Crippen molar-refractivity contribution in [3.8, 4) is 0 Å². The predicted molar refractivity (Wildman–Crippen MR) is 64.3 cm³/mol. The fourth-order valence-electron chi connectivity index (χ4n) is 1.53. The largest absolute Gasteiger partial charge is 0.309 e. The molecule has 0 unspecified atom stereocenters. The van der Waals surface area contributed by atoms with Crippen molar-refractivity contribution < 1.29 is 0 Å². The van der Waals surface area contributed by atoms with Crippen LogP contribution in [0.15, 0.2) is 18.5 Å². The first-order chi connectivity index (χ1) is 8.13. The van der Waals surface area contributed by atoms with Gasteiger partial charge in [0.05, 0.1) is 12.2 Å². The van der Waals surface area contributed by atoms with Gasteiger partial charge in [-0.1, -0.05) is 19.1 Å². The van der Waals surface area contributed by atoms with Gasteiger partial charge in [0.15, 0.2) is 0 Å². The number of rotatable bonds is 5. The van der Waals surface area contributed by atoms with Crippen LogP contribution in [-0.4, -0.2) is 30.8 Å². The molecule has 0 aliphatic heterocycles. The zero-order chi connectivity index (χ0) is 12.3. The molecule has 1 N–H and O–H groups in total. The molecule has 6 nitrogen and oxygen atoms in total. The second-order valence-electron chi connectivity index (χ2n) is 4.42. The Morgan fingerprint density at radius 3 is 2.82 bits per heavy atom. The van der Waals surface area contributed by atoms with Gasteiger partial charge in [0.25, 0.3) is 0 Å². The standard InChI is InChI=1S/C11H18N6/c1-9(2)12-6-10-4-5-17(14-10)8-11-7-16(3)15-13-11/h4-5,7,9,12H,6,8H2,1-3H3. The molecule has 2 rings (SSSR count). The van der Waals surface area contributed by atoms with Crippen LogP contribution >= 0.6 is 0 Å². The van der Waals surface area contributed by atoms with Gasteiger partial charge in [-0.05, 0) is 6.07 Å². The van der Waals surface area contributed by atoms with Crippen molar-refractivity contribution in [1.82, 2.24) is 30.1 Å². The highest BCUT2D eigenvalue weighted by Crippen LogP contribution is 2.00. The maximum absolute atomic E-state index is 4.46. The third-order valence-corrected chi connectivity index (χ3v) is 2.36. The fraction of sp³-hybridized carbons (Fsp3) is 0.545. The van der Waals surface area contributed by atoms with E-state index in [2.05, 4.69) is 34.6 Å². The molecule has 2 aromatic heterocycles. The molecule has 2 heterocycles. The van der Waals surface area contributed by atoms with Crippen LogP contribution in [0.4, 0.5) is 0 Å². The molecule has 0 saturated carbocycles. The van der Waals surface area contributed by atoms with Crippen molar-refractivity contribution in [2.45, 2.75) is 33.0 Å². The minimum Gasteiger partial charge on any atom is -0.309 e. The highest BCUT2D eigenvalue weighted by atomic mass is 15.4. The number of aromatic nitrogens is 5. The monoisotopic (exact) mass is 234 g/mol. The summed E-state index contributed by atoms with van der Waals surface area (Å²) in [5, 5.41) is 15.7. The summed E-state index contributed by atoms with van der Waals surface area (Å²) in [4.78, 5) is 0. The van der Waals surface area contributed by atoms with Crippen molar-refractivity contribution >= 4 is 0 Å². The van der Waals surface area contributed by atoms with E-state index in [4.69, 9.17) is 0 Å².